The molecule has 4 nitrogen and oxygen atoms in total. The van der Waals surface area contributed by atoms with Gasteiger partial charge in [0.1, 0.15) is 10.7 Å². The lowest BCUT2D eigenvalue weighted by molar-refractivity contribution is 0.0995. The summed E-state index contributed by atoms with van der Waals surface area (Å²) in [6, 6.07) is 9.08. The van der Waals surface area contributed by atoms with Crippen molar-refractivity contribution in [3.8, 4) is 21.7 Å². The second kappa shape index (κ2) is 5.63. The lowest BCUT2D eigenvalue weighted by Crippen LogP contribution is -2.12. The molecule has 0 spiro atoms. The van der Waals surface area contributed by atoms with Gasteiger partial charge in [0.05, 0.1) is 0 Å². The summed E-state index contributed by atoms with van der Waals surface area (Å²) in [5.41, 5.74) is 8.07. The molecular formula is C15H10ClN3OS. The molecule has 0 aliphatic heterocycles. The van der Waals surface area contributed by atoms with E-state index in [0.29, 0.717) is 5.02 Å². The van der Waals surface area contributed by atoms with E-state index in [0.717, 1.165) is 21.7 Å². The Hall–Kier alpha value is -2.24. The van der Waals surface area contributed by atoms with Crippen molar-refractivity contribution in [2.45, 2.75) is 0 Å². The SMILES string of the molecule is NC(=O)c1ccc(-c2cc(-c3nccs3)ccc2Cl)cn1. The molecule has 3 rings (SSSR count). The molecule has 0 aliphatic carbocycles. The van der Waals surface area contributed by atoms with Crippen molar-refractivity contribution in [2.24, 2.45) is 5.73 Å². The van der Waals surface area contributed by atoms with Crippen LogP contribution in [0.4, 0.5) is 0 Å². The van der Waals surface area contributed by atoms with Crippen LogP contribution in [0.3, 0.4) is 0 Å². The molecule has 1 aromatic carbocycles. The second-order valence-corrected chi connectivity index (χ2v) is 5.63. The van der Waals surface area contributed by atoms with Crippen LogP contribution in [-0.2, 0) is 0 Å². The smallest absolute Gasteiger partial charge is 0.267 e. The normalized spacial score (nSPS) is 10.5. The quantitative estimate of drug-likeness (QED) is 0.802. The van der Waals surface area contributed by atoms with Crippen LogP contribution in [0.15, 0.2) is 48.1 Å². The average Bonchev–Trinajstić information content (AvgIpc) is 3.02. The van der Waals surface area contributed by atoms with Gasteiger partial charge in [0, 0.05) is 39.5 Å². The second-order valence-electron chi connectivity index (χ2n) is 4.33. The maximum atomic E-state index is 11.1. The van der Waals surface area contributed by atoms with Crippen LogP contribution in [-0.4, -0.2) is 15.9 Å². The largest absolute Gasteiger partial charge is 0.364 e. The van der Waals surface area contributed by atoms with E-state index >= 15 is 0 Å². The number of carbonyl (C=O) groups is 1. The molecule has 0 unspecified atom stereocenters. The number of carbonyl (C=O) groups excluding carboxylic acids is 1. The first kappa shape index (κ1) is 13.7. The summed E-state index contributed by atoms with van der Waals surface area (Å²) >= 11 is 7.82. The van der Waals surface area contributed by atoms with Gasteiger partial charge in [-0.1, -0.05) is 23.7 Å². The van der Waals surface area contributed by atoms with Crippen LogP contribution in [0.25, 0.3) is 21.7 Å². The molecule has 104 valence electrons. The van der Waals surface area contributed by atoms with E-state index in [-0.39, 0.29) is 5.69 Å². The fourth-order valence-corrected chi connectivity index (χ4v) is 2.81. The Morgan fingerprint density at radius 1 is 1.14 bits per heavy atom. The zero-order valence-corrected chi connectivity index (χ0v) is 12.4. The number of primary amides is 1. The van der Waals surface area contributed by atoms with E-state index in [1.54, 1.807) is 35.9 Å². The third kappa shape index (κ3) is 2.79. The number of nitrogens with two attached hydrogens (primary N) is 1. The fourth-order valence-electron chi connectivity index (χ4n) is 1.94. The van der Waals surface area contributed by atoms with Gasteiger partial charge >= 0.3 is 0 Å². The highest BCUT2D eigenvalue weighted by Gasteiger charge is 2.09. The third-order valence-corrected chi connectivity index (χ3v) is 4.12. The van der Waals surface area contributed by atoms with E-state index in [2.05, 4.69) is 9.97 Å². The number of rotatable bonds is 3. The van der Waals surface area contributed by atoms with Gasteiger partial charge in [-0.25, -0.2) is 4.98 Å². The zero-order chi connectivity index (χ0) is 14.8. The van der Waals surface area contributed by atoms with Crippen LogP contribution < -0.4 is 5.73 Å². The summed E-state index contributed by atoms with van der Waals surface area (Å²) in [7, 11) is 0. The van der Waals surface area contributed by atoms with E-state index in [9.17, 15) is 4.79 Å². The van der Waals surface area contributed by atoms with Crippen molar-refractivity contribution < 1.29 is 4.79 Å². The highest BCUT2D eigenvalue weighted by Crippen LogP contribution is 2.32. The molecule has 0 saturated carbocycles. The maximum Gasteiger partial charge on any atom is 0.267 e. The summed E-state index contributed by atoms with van der Waals surface area (Å²) in [5.74, 6) is -0.552. The Balaban J connectivity index is 2.05. The number of thiazole rings is 1. The van der Waals surface area contributed by atoms with E-state index in [1.165, 1.54) is 0 Å². The highest BCUT2D eigenvalue weighted by molar-refractivity contribution is 7.13. The topological polar surface area (TPSA) is 68.9 Å². The van der Waals surface area contributed by atoms with Gasteiger partial charge in [-0.05, 0) is 18.2 Å². The zero-order valence-electron chi connectivity index (χ0n) is 10.8. The first-order valence-corrected chi connectivity index (χ1v) is 7.36. The maximum absolute atomic E-state index is 11.1. The van der Waals surface area contributed by atoms with Gasteiger partial charge < -0.3 is 5.73 Å². The Morgan fingerprint density at radius 2 is 1.95 bits per heavy atom. The Morgan fingerprint density at radius 3 is 2.57 bits per heavy atom. The van der Waals surface area contributed by atoms with Gasteiger partial charge in [-0.15, -0.1) is 11.3 Å². The lowest BCUT2D eigenvalue weighted by atomic mass is 10.0. The minimum absolute atomic E-state index is 0.228. The summed E-state index contributed by atoms with van der Waals surface area (Å²) < 4.78 is 0. The molecule has 21 heavy (non-hydrogen) atoms. The minimum atomic E-state index is -0.552. The molecule has 0 aliphatic rings. The molecule has 0 radical (unpaired) electrons. The molecule has 2 heterocycles. The molecule has 0 saturated heterocycles. The van der Waals surface area contributed by atoms with Crippen molar-refractivity contribution in [3.63, 3.8) is 0 Å². The number of halogens is 1. The van der Waals surface area contributed by atoms with Crippen molar-refractivity contribution in [3.05, 3.63) is 58.8 Å². The number of hydrogen-bond donors (Lipinski definition) is 1. The summed E-state index contributed by atoms with van der Waals surface area (Å²) in [6.45, 7) is 0. The Kier molecular flexibility index (Phi) is 3.68. The molecule has 6 heteroatoms. The van der Waals surface area contributed by atoms with Gasteiger partial charge in [0.25, 0.3) is 5.91 Å². The van der Waals surface area contributed by atoms with E-state index < -0.39 is 5.91 Å². The van der Waals surface area contributed by atoms with Crippen LogP contribution in [0.1, 0.15) is 10.5 Å². The Labute approximate surface area is 130 Å². The van der Waals surface area contributed by atoms with Crippen molar-refractivity contribution in [1.29, 1.82) is 0 Å². The van der Waals surface area contributed by atoms with E-state index in [4.69, 9.17) is 17.3 Å². The number of benzene rings is 1. The van der Waals surface area contributed by atoms with Crippen molar-refractivity contribution in [2.75, 3.05) is 0 Å². The van der Waals surface area contributed by atoms with Crippen LogP contribution >= 0.6 is 22.9 Å². The van der Waals surface area contributed by atoms with Crippen LogP contribution in [0.5, 0.6) is 0 Å². The number of hydrogen-bond acceptors (Lipinski definition) is 4. The summed E-state index contributed by atoms with van der Waals surface area (Å²) in [4.78, 5) is 19.4. The minimum Gasteiger partial charge on any atom is -0.364 e. The van der Waals surface area contributed by atoms with Gasteiger partial charge in [-0.3, -0.25) is 9.78 Å². The number of amides is 1. The highest BCUT2D eigenvalue weighted by atomic mass is 35.5. The van der Waals surface area contributed by atoms with Crippen LogP contribution in [0, 0.1) is 0 Å². The number of nitrogens with zero attached hydrogens (tertiary/aromatic N) is 2. The predicted octanol–water partition coefficient (Wildman–Crippen LogP) is 3.62. The molecule has 2 N–H and O–H groups in total. The fraction of sp³-hybridized carbons (Fsp3) is 0. The molecule has 3 aromatic rings. The van der Waals surface area contributed by atoms with Gasteiger partial charge in [0.2, 0.25) is 0 Å². The third-order valence-electron chi connectivity index (χ3n) is 2.97. The van der Waals surface area contributed by atoms with Crippen LogP contribution in [0.2, 0.25) is 5.02 Å². The van der Waals surface area contributed by atoms with Gasteiger partial charge in [-0.2, -0.15) is 0 Å². The van der Waals surface area contributed by atoms with Crippen molar-refractivity contribution >= 4 is 28.8 Å². The average molecular weight is 316 g/mol. The van der Waals surface area contributed by atoms with Crippen molar-refractivity contribution in [1.82, 2.24) is 9.97 Å². The van der Waals surface area contributed by atoms with E-state index in [1.807, 2.05) is 23.6 Å². The standard InChI is InChI=1S/C15H10ClN3OS/c16-12-3-1-9(15-18-5-6-21-15)7-11(12)10-2-4-13(14(17)20)19-8-10/h1-8H,(H2,17,20). The van der Waals surface area contributed by atoms with Gasteiger partial charge in [0.15, 0.2) is 0 Å². The monoisotopic (exact) mass is 315 g/mol. The summed E-state index contributed by atoms with van der Waals surface area (Å²) in [5, 5.41) is 3.46. The molecular weight excluding hydrogens is 306 g/mol. The summed E-state index contributed by atoms with van der Waals surface area (Å²) in [6.07, 6.45) is 3.35. The molecule has 0 fully saturated rings. The Bertz CT molecular complexity index is 785. The first-order chi connectivity index (χ1) is 10.1. The molecule has 0 atom stereocenters. The number of aromatic nitrogens is 2. The first-order valence-electron chi connectivity index (χ1n) is 6.11. The predicted molar refractivity (Wildman–Crippen MR) is 84.3 cm³/mol. The molecule has 2 aromatic heterocycles. The number of pyridine rings is 1. The molecule has 0 bridgehead atoms. The lowest BCUT2D eigenvalue weighted by Gasteiger charge is -2.07. The molecule has 1 amide bonds.